The molecule has 4 nitrogen and oxygen atoms in total. The summed E-state index contributed by atoms with van der Waals surface area (Å²) in [6.07, 6.45) is 0. The van der Waals surface area contributed by atoms with Crippen LogP contribution in [-0.4, -0.2) is 37.0 Å². The molecule has 94 valence electrons. The second-order valence-corrected chi connectivity index (χ2v) is 4.03. The van der Waals surface area contributed by atoms with E-state index < -0.39 is 0 Å². The molecule has 0 saturated heterocycles. The minimum absolute atomic E-state index is 0.0115. The molecule has 0 fully saturated rings. The van der Waals surface area contributed by atoms with Crippen LogP contribution < -0.4 is 11.1 Å². The summed E-state index contributed by atoms with van der Waals surface area (Å²) in [6.45, 7) is 5.37. The molecule has 17 heavy (non-hydrogen) atoms. The highest BCUT2D eigenvalue weighted by molar-refractivity contribution is 5.72. The van der Waals surface area contributed by atoms with Crippen molar-refractivity contribution < 1.29 is 4.79 Å². The van der Waals surface area contributed by atoms with E-state index in [9.17, 15) is 4.79 Å². The fourth-order valence-corrected chi connectivity index (χ4v) is 1.68. The molecule has 0 aliphatic carbocycles. The number of carbonyl (C=O) groups excluding carboxylic acids is 1. The normalized spacial score (nSPS) is 10.5. The lowest BCUT2D eigenvalue weighted by molar-refractivity contribution is -0.119. The van der Waals surface area contributed by atoms with E-state index in [0.717, 1.165) is 19.6 Å². The highest BCUT2D eigenvalue weighted by Crippen LogP contribution is 2.03. The predicted octanol–water partition coefficient (Wildman–Crippen LogP) is 0.583. The molecule has 1 aromatic carbocycles. The van der Waals surface area contributed by atoms with Gasteiger partial charge in [-0.25, -0.2) is 0 Å². The van der Waals surface area contributed by atoms with Crippen molar-refractivity contribution in [2.45, 2.75) is 13.5 Å². The lowest BCUT2D eigenvalue weighted by Crippen LogP contribution is -2.36. The predicted molar refractivity (Wildman–Crippen MR) is 69.5 cm³/mol. The molecule has 0 aliphatic heterocycles. The van der Waals surface area contributed by atoms with Gasteiger partial charge in [-0.05, 0) is 5.56 Å². The Morgan fingerprint density at radius 2 is 2.00 bits per heavy atom. The number of nitrogens with two attached hydrogens (primary N) is 1. The van der Waals surface area contributed by atoms with Crippen LogP contribution in [0.4, 0.5) is 0 Å². The van der Waals surface area contributed by atoms with Gasteiger partial charge >= 0.3 is 0 Å². The van der Waals surface area contributed by atoms with Gasteiger partial charge in [0.1, 0.15) is 0 Å². The van der Waals surface area contributed by atoms with Crippen LogP contribution in [0.3, 0.4) is 0 Å². The molecule has 0 aromatic heterocycles. The molecule has 0 atom stereocenters. The average molecular weight is 235 g/mol. The lowest BCUT2D eigenvalue weighted by atomic mass is 10.2. The zero-order valence-corrected chi connectivity index (χ0v) is 10.4. The number of carbonyl (C=O) groups is 1. The van der Waals surface area contributed by atoms with Gasteiger partial charge in [0.25, 0.3) is 0 Å². The van der Waals surface area contributed by atoms with Crippen molar-refractivity contribution >= 4 is 5.91 Å². The summed E-state index contributed by atoms with van der Waals surface area (Å²) in [5, 5.41) is 2.80. The molecule has 0 bridgehead atoms. The van der Waals surface area contributed by atoms with E-state index in [1.807, 2.05) is 18.2 Å². The second kappa shape index (κ2) is 7.81. The molecular weight excluding hydrogens is 214 g/mol. The summed E-state index contributed by atoms with van der Waals surface area (Å²) < 4.78 is 0. The van der Waals surface area contributed by atoms with Crippen LogP contribution in [0, 0.1) is 0 Å². The highest BCUT2D eigenvalue weighted by Gasteiger charge is 2.04. The number of nitrogens with one attached hydrogen (secondary N) is 1. The maximum atomic E-state index is 10.8. The van der Waals surface area contributed by atoms with Gasteiger partial charge in [-0.15, -0.1) is 0 Å². The molecule has 0 radical (unpaired) electrons. The Kier molecular flexibility index (Phi) is 6.29. The van der Waals surface area contributed by atoms with Crippen LogP contribution in [0.5, 0.6) is 0 Å². The van der Waals surface area contributed by atoms with Crippen molar-refractivity contribution in [1.82, 2.24) is 10.2 Å². The van der Waals surface area contributed by atoms with E-state index in [0.29, 0.717) is 13.1 Å². The molecule has 1 rings (SSSR count). The summed E-state index contributed by atoms with van der Waals surface area (Å²) in [5.41, 5.74) is 6.85. The first-order chi connectivity index (χ1) is 8.22. The SMILES string of the molecule is CC(=O)NCCN(CCN)Cc1ccccc1. The average Bonchev–Trinajstić information content (AvgIpc) is 2.30. The molecule has 0 unspecified atom stereocenters. The Balaban J connectivity index is 2.40. The standard InChI is InChI=1S/C13H21N3O/c1-12(17)15-8-10-16(9-7-14)11-13-5-3-2-4-6-13/h2-6H,7-11,14H2,1H3,(H,15,17). The van der Waals surface area contributed by atoms with Gasteiger partial charge in [0.15, 0.2) is 0 Å². The molecule has 0 heterocycles. The first kappa shape index (κ1) is 13.7. The van der Waals surface area contributed by atoms with Crippen LogP contribution in [-0.2, 0) is 11.3 Å². The summed E-state index contributed by atoms with van der Waals surface area (Å²) >= 11 is 0. The summed E-state index contributed by atoms with van der Waals surface area (Å²) in [4.78, 5) is 13.0. The van der Waals surface area contributed by atoms with Gasteiger partial charge in [0.05, 0.1) is 0 Å². The Labute approximate surface area is 103 Å². The van der Waals surface area contributed by atoms with Gasteiger partial charge in [-0.1, -0.05) is 30.3 Å². The minimum Gasteiger partial charge on any atom is -0.355 e. The van der Waals surface area contributed by atoms with E-state index in [4.69, 9.17) is 5.73 Å². The first-order valence-electron chi connectivity index (χ1n) is 5.93. The van der Waals surface area contributed by atoms with Crippen LogP contribution in [0.1, 0.15) is 12.5 Å². The fraction of sp³-hybridized carbons (Fsp3) is 0.462. The number of hydrogen-bond donors (Lipinski definition) is 2. The molecule has 1 amide bonds. The molecule has 0 saturated carbocycles. The molecule has 1 aromatic rings. The Morgan fingerprint density at radius 3 is 2.59 bits per heavy atom. The van der Waals surface area contributed by atoms with Crippen molar-refractivity contribution in [2.24, 2.45) is 5.73 Å². The van der Waals surface area contributed by atoms with Crippen molar-refractivity contribution in [3.63, 3.8) is 0 Å². The topological polar surface area (TPSA) is 58.4 Å². The van der Waals surface area contributed by atoms with E-state index >= 15 is 0 Å². The summed E-state index contributed by atoms with van der Waals surface area (Å²) in [6, 6.07) is 10.3. The van der Waals surface area contributed by atoms with Crippen molar-refractivity contribution in [2.75, 3.05) is 26.2 Å². The molecule has 4 heteroatoms. The van der Waals surface area contributed by atoms with Gasteiger partial charge < -0.3 is 11.1 Å². The van der Waals surface area contributed by atoms with Gasteiger partial charge in [-0.3, -0.25) is 9.69 Å². The van der Waals surface area contributed by atoms with Crippen molar-refractivity contribution in [1.29, 1.82) is 0 Å². The van der Waals surface area contributed by atoms with Gasteiger partial charge in [0, 0.05) is 39.6 Å². The smallest absolute Gasteiger partial charge is 0.216 e. The zero-order chi connectivity index (χ0) is 12.5. The number of rotatable bonds is 7. The Hall–Kier alpha value is -1.39. The number of benzene rings is 1. The molecule has 0 spiro atoms. The Morgan fingerprint density at radius 1 is 1.29 bits per heavy atom. The maximum absolute atomic E-state index is 10.8. The van der Waals surface area contributed by atoms with Crippen LogP contribution in [0.25, 0.3) is 0 Å². The summed E-state index contributed by atoms with van der Waals surface area (Å²) in [7, 11) is 0. The van der Waals surface area contributed by atoms with Crippen molar-refractivity contribution in [3.8, 4) is 0 Å². The van der Waals surface area contributed by atoms with Crippen LogP contribution in [0.15, 0.2) is 30.3 Å². The number of amides is 1. The van der Waals surface area contributed by atoms with E-state index in [1.165, 1.54) is 12.5 Å². The zero-order valence-electron chi connectivity index (χ0n) is 10.4. The Bertz CT molecular complexity index is 327. The minimum atomic E-state index is 0.0115. The third kappa shape index (κ3) is 6.04. The quantitative estimate of drug-likeness (QED) is 0.727. The third-order valence-corrected chi connectivity index (χ3v) is 2.50. The third-order valence-electron chi connectivity index (χ3n) is 2.50. The molecular formula is C13H21N3O. The maximum Gasteiger partial charge on any atom is 0.216 e. The van der Waals surface area contributed by atoms with Crippen molar-refractivity contribution in [3.05, 3.63) is 35.9 Å². The highest BCUT2D eigenvalue weighted by atomic mass is 16.1. The van der Waals surface area contributed by atoms with E-state index in [1.54, 1.807) is 0 Å². The van der Waals surface area contributed by atoms with Crippen LogP contribution in [0.2, 0.25) is 0 Å². The van der Waals surface area contributed by atoms with Gasteiger partial charge in [-0.2, -0.15) is 0 Å². The lowest BCUT2D eigenvalue weighted by Gasteiger charge is -2.21. The van der Waals surface area contributed by atoms with E-state index in [-0.39, 0.29) is 5.91 Å². The summed E-state index contributed by atoms with van der Waals surface area (Å²) in [5.74, 6) is 0.0115. The first-order valence-corrected chi connectivity index (χ1v) is 5.93. The molecule has 3 N–H and O–H groups in total. The molecule has 0 aliphatic rings. The van der Waals surface area contributed by atoms with Crippen LogP contribution >= 0.6 is 0 Å². The van der Waals surface area contributed by atoms with Gasteiger partial charge in [0.2, 0.25) is 5.91 Å². The largest absolute Gasteiger partial charge is 0.355 e. The second-order valence-electron chi connectivity index (χ2n) is 4.03. The number of nitrogens with zero attached hydrogens (tertiary/aromatic N) is 1. The fourth-order valence-electron chi connectivity index (χ4n) is 1.68. The van der Waals surface area contributed by atoms with E-state index in [2.05, 4.69) is 22.3 Å². The number of hydrogen-bond acceptors (Lipinski definition) is 3. The monoisotopic (exact) mass is 235 g/mol.